The lowest BCUT2D eigenvalue weighted by atomic mass is 10.1. The molecule has 170 valence electrons. The molecule has 7 aromatic rings. The van der Waals surface area contributed by atoms with Crippen LogP contribution in [0.2, 0.25) is 0 Å². The molecule has 1 N–H and O–H groups in total. The topological polar surface area (TPSA) is 30.1 Å². The summed E-state index contributed by atoms with van der Waals surface area (Å²) in [6.45, 7) is 4.00. The Hall–Kier alpha value is -4.50. The van der Waals surface area contributed by atoms with Crippen LogP contribution in [0.15, 0.2) is 120 Å². The van der Waals surface area contributed by atoms with Crippen LogP contribution in [0.1, 0.15) is 13.8 Å². The Morgan fingerprint density at radius 1 is 0.571 bits per heavy atom. The predicted octanol–water partition coefficient (Wildman–Crippen LogP) is 9.45. The van der Waals surface area contributed by atoms with E-state index in [2.05, 4.69) is 94.8 Å². The number of furan rings is 1. The van der Waals surface area contributed by atoms with E-state index in [0.717, 1.165) is 55.4 Å². The molecule has 5 aromatic carbocycles. The summed E-state index contributed by atoms with van der Waals surface area (Å²) in [7, 11) is 0. The molecule has 0 bridgehead atoms. The lowest BCUT2D eigenvalue weighted by Gasteiger charge is -2.10. The molecule has 3 nitrogen and oxygen atoms in total. The van der Waals surface area contributed by atoms with Crippen LogP contribution in [0.25, 0.3) is 49.4 Å². The van der Waals surface area contributed by atoms with E-state index in [1.165, 1.54) is 5.39 Å². The van der Waals surface area contributed by atoms with E-state index in [-0.39, 0.29) is 0 Å². The SMILES string of the molecule is CC.c1ccc(Nc2ccc3c4c5oc6ccccc6c5ccc4n(-c4ccccc4)c3c2)cc1. The minimum atomic E-state index is 0.919. The standard InChI is InChI=1S/C30H20N2O.C2H6/c1-3-9-20(10-4-1)31-21-15-16-25-27(19-21)32(22-11-5-2-6-12-22)26-18-17-24-23-13-7-8-14-28(23)33-30(24)29(25)26;1-2/h1-19,31H;1-2H3. The molecule has 2 heterocycles. The third kappa shape index (κ3) is 3.44. The molecule has 0 saturated heterocycles. The zero-order valence-corrected chi connectivity index (χ0v) is 19.8. The average molecular weight is 455 g/mol. The van der Waals surface area contributed by atoms with Crippen molar-refractivity contribution in [1.29, 1.82) is 0 Å². The molecule has 0 radical (unpaired) electrons. The van der Waals surface area contributed by atoms with Gasteiger partial charge in [-0.2, -0.15) is 0 Å². The summed E-state index contributed by atoms with van der Waals surface area (Å²) in [6, 6.07) is 40.0. The van der Waals surface area contributed by atoms with E-state index in [1.54, 1.807) is 0 Å². The van der Waals surface area contributed by atoms with Crippen molar-refractivity contribution in [3.05, 3.63) is 115 Å². The molecule has 0 aliphatic carbocycles. The first kappa shape index (κ1) is 21.1. The molecule has 0 fully saturated rings. The summed E-state index contributed by atoms with van der Waals surface area (Å²) in [5.74, 6) is 0. The maximum atomic E-state index is 6.42. The molecular weight excluding hydrogens is 428 g/mol. The van der Waals surface area contributed by atoms with Crippen LogP contribution in [-0.2, 0) is 0 Å². The summed E-state index contributed by atoms with van der Waals surface area (Å²) >= 11 is 0. The Morgan fingerprint density at radius 2 is 1.26 bits per heavy atom. The molecule has 0 aliphatic heterocycles. The number of benzene rings is 5. The minimum absolute atomic E-state index is 0.919. The Bertz CT molecular complexity index is 1780. The van der Waals surface area contributed by atoms with Crippen LogP contribution in [0, 0.1) is 0 Å². The summed E-state index contributed by atoms with van der Waals surface area (Å²) in [4.78, 5) is 0. The van der Waals surface area contributed by atoms with Crippen LogP contribution < -0.4 is 5.32 Å². The second-order valence-corrected chi connectivity index (χ2v) is 8.33. The van der Waals surface area contributed by atoms with Crippen LogP contribution >= 0.6 is 0 Å². The van der Waals surface area contributed by atoms with Gasteiger partial charge in [-0.15, -0.1) is 0 Å². The first-order valence-electron chi connectivity index (χ1n) is 12.1. The van der Waals surface area contributed by atoms with E-state index < -0.39 is 0 Å². The Labute approximate surface area is 204 Å². The van der Waals surface area contributed by atoms with Crippen molar-refractivity contribution in [1.82, 2.24) is 4.57 Å². The van der Waals surface area contributed by atoms with Crippen molar-refractivity contribution in [2.75, 3.05) is 5.32 Å². The molecule has 7 rings (SSSR count). The molecular formula is C32H26N2O. The monoisotopic (exact) mass is 454 g/mol. The maximum Gasteiger partial charge on any atom is 0.145 e. The average Bonchev–Trinajstić information content (AvgIpc) is 3.46. The fraction of sp³-hybridized carbons (Fsp3) is 0.0625. The highest BCUT2D eigenvalue weighted by atomic mass is 16.3. The summed E-state index contributed by atoms with van der Waals surface area (Å²) in [6.07, 6.45) is 0. The number of hydrogen-bond donors (Lipinski definition) is 1. The van der Waals surface area contributed by atoms with Crippen molar-refractivity contribution in [3.63, 3.8) is 0 Å². The van der Waals surface area contributed by atoms with E-state index in [9.17, 15) is 0 Å². The van der Waals surface area contributed by atoms with Crippen LogP contribution in [0.5, 0.6) is 0 Å². The van der Waals surface area contributed by atoms with Crippen molar-refractivity contribution >= 4 is 55.1 Å². The van der Waals surface area contributed by atoms with Gasteiger partial charge in [0.05, 0.1) is 16.4 Å². The van der Waals surface area contributed by atoms with Gasteiger partial charge in [0.1, 0.15) is 11.2 Å². The van der Waals surface area contributed by atoms with E-state index in [0.29, 0.717) is 0 Å². The summed E-state index contributed by atoms with van der Waals surface area (Å²) in [5.41, 5.74) is 7.39. The molecule has 35 heavy (non-hydrogen) atoms. The first-order chi connectivity index (χ1) is 17.4. The van der Waals surface area contributed by atoms with Gasteiger partial charge in [-0.3, -0.25) is 0 Å². The van der Waals surface area contributed by atoms with Gasteiger partial charge in [-0.25, -0.2) is 0 Å². The van der Waals surface area contributed by atoms with Gasteiger partial charge < -0.3 is 14.3 Å². The number of anilines is 2. The molecule has 0 aliphatic rings. The molecule has 0 unspecified atom stereocenters. The molecule has 0 atom stereocenters. The number of fused-ring (bicyclic) bond motifs is 7. The van der Waals surface area contributed by atoms with E-state index >= 15 is 0 Å². The van der Waals surface area contributed by atoms with Crippen LogP contribution in [-0.4, -0.2) is 4.57 Å². The largest absolute Gasteiger partial charge is 0.455 e. The fourth-order valence-corrected chi connectivity index (χ4v) is 4.90. The highest BCUT2D eigenvalue weighted by Gasteiger charge is 2.18. The van der Waals surface area contributed by atoms with Crippen molar-refractivity contribution in [3.8, 4) is 5.69 Å². The summed E-state index contributed by atoms with van der Waals surface area (Å²) in [5, 5.41) is 8.17. The number of nitrogens with zero attached hydrogens (tertiary/aromatic N) is 1. The first-order valence-corrected chi connectivity index (χ1v) is 12.1. The maximum absolute atomic E-state index is 6.42. The fourth-order valence-electron chi connectivity index (χ4n) is 4.90. The third-order valence-corrected chi connectivity index (χ3v) is 6.35. The number of hydrogen-bond acceptors (Lipinski definition) is 2. The van der Waals surface area contributed by atoms with Gasteiger partial charge in [-0.1, -0.05) is 68.4 Å². The molecule has 0 saturated carbocycles. The van der Waals surface area contributed by atoms with E-state index in [1.807, 2.05) is 44.2 Å². The highest BCUT2D eigenvalue weighted by molar-refractivity contribution is 6.24. The van der Waals surface area contributed by atoms with Crippen molar-refractivity contribution in [2.24, 2.45) is 0 Å². The number of nitrogens with one attached hydrogen (secondary N) is 1. The van der Waals surface area contributed by atoms with Gasteiger partial charge in [0.25, 0.3) is 0 Å². The Kier molecular flexibility index (Phi) is 5.23. The normalized spacial score (nSPS) is 11.1. The van der Waals surface area contributed by atoms with Crippen LogP contribution in [0.4, 0.5) is 11.4 Å². The second-order valence-electron chi connectivity index (χ2n) is 8.33. The predicted molar refractivity (Wildman–Crippen MR) is 149 cm³/mol. The van der Waals surface area contributed by atoms with Gasteiger partial charge in [0, 0.05) is 33.2 Å². The number of rotatable bonds is 3. The van der Waals surface area contributed by atoms with Crippen molar-refractivity contribution in [2.45, 2.75) is 13.8 Å². The molecule has 3 heteroatoms. The summed E-state index contributed by atoms with van der Waals surface area (Å²) < 4.78 is 8.75. The molecule has 0 amide bonds. The smallest absolute Gasteiger partial charge is 0.145 e. The van der Waals surface area contributed by atoms with Gasteiger partial charge in [0.2, 0.25) is 0 Å². The zero-order valence-electron chi connectivity index (χ0n) is 19.8. The second kappa shape index (κ2) is 8.69. The lowest BCUT2D eigenvalue weighted by molar-refractivity contribution is 0.673. The van der Waals surface area contributed by atoms with Gasteiger partial charge in [-0.05, 0) is 60.7 Å². The zero-order chi connectivity index (χ0) is 23.8. The lowest BCUT2D eigenvalue weighted by Crippen LogP contribution is -1.94. The Balaban J connectivity index is 0.00000112. The highest BCUT2D eigenvalue weighted by Crippen LogP contribution is 2.41. The quantitative estimate of drug-likeness (QED) is 0.288. The number of aromatic nitrogens is 1. The minimum Gasteiger partial charge on any atom is -0.455 e. The van der Waals surface area contributed by atoms with Gasteiger partial charge in [0.15, 0.2) is 0 Å². The van der Waals surface area contributed by atoms with E-state index in [4.69, 9.17) is 4.42 Å². The molecule has 0 spiro atoms. The van der Waals surface area contributed by atoms with Crippen molar-refractivity contribution < 1.29 is 4.42 Å². The van der Waals surface area contributed by atoms with Crippen LogP contribution in [0.3, 0.4) is 0 Å². The number of para-hydroxylation sites is 3. The Morgan fingerprint density at radius 3 is 2.06 bits per heavy atom. The molecule has 2 aromatic heterocycles. The van der Waals surface area contributed by atoms with Gasteiger partial charge >= 0.3 is 0 Å². The third-order valence-electron chi connectivity index (χ3n) is 6.35.